The Bertz CT molecular complexity index is 273. The van der Waals surface area contributed by atoms with Gasteiger partial charge in [0.15, 0.2) is 5.78 Å². The molecule has 0 aliphatic rings. The molecule has 0 amide bonds. The van der Waals surface area contributed by atoms with Crippen LogP contribution in [-0.4, -0.2) is 31.1 Å². The van der Waals surface area contributed by atoms with Crippen LogP contribution in [0.1, 0.15) is 41.0 Å². The van der Waals surface area contributed by atoms with Crippen molar-refractivity contribution in [1.82, 2.24) is 0 Å². The van der Waals surface area contributed by atoms with Crippen molar-refractivity contribution >= 4 is 11.8 Å². The van der Waals surface area contributed by atoms with Crippen molar-refractivity contribution in [2.24, 2.45) is 11.8 Å². The van der Waals surface area contributed by atoms with E-state index in [9.17, 15) is 9.59 Å². The van der Waals surface area contributed by atoms with Crippen molar-refractivity contribution in [3.05, 3.63) is 0 Å². The van der Waals surface area contributed by atoms with Crippen LogP contribution in [0.15, 0.2) is 0 Å². The van der Waals surface area contributed by atoms with E-state index in [-0.39, 0.29) is 11.7 Å². The van der Waals surface area contributed by atoms with E-state index in [2.05, 4.69) is 0 Å². The van der Waals surface area contributed by atoms with Gasteiger partial charge in [-0.2, -0.15) is 0 Å². The Morgan fingerprint density at radius 1 is 1.24 bits per heavy atom. The number of rotatable bonds is 7. The number of methoxy groups -OCH3 is 1. The van der Waals surface area contributed by atoms with Crippen LogP contribution in [0.5, 0.6) is 0 Å². The summed E-state index contributed by atoms with van der Waals surface area (Å²) in [5, 5.41) is 0. The zero-order chi connectivity index (χ0) is 13.6. The highest BCUT2D eigenvalue weighted by Gasteiger charge is 2.42. The molecule has 0 aliphatic heterocycles. The normalized spacial score (nSPS) is 16.4. The summed E-state index contributed by atoms with van der Waals surface area (Å²) in [6.07, 6.45) is 0.542. The van der Waals surface area contributed by atoms with Crippen molar-refractivity contribution in [3.63, 3.8) is 0 Å². The second kappa shape index (κ2) is 6.74. The molecule has 0 fully saturated rings. The predicted octanol–water partition coefficient (Wildman–Crippen LogP) is 2.21. The second-order valence-corrected chi connectivity index (χ2v) is 4.63. The summed E-state index contributed by atoms with van der Waals surface area (Å²) in [6.45, 7) is 9.56. The molecule has 0 saturated carbocycles. The first kappa shape index (κ1) is 16.1. The number of esters is 1. The van der Waals surface area contributed by atoms with Gasteiger partial charge in [0, 0.05) is 6.61 Å². The van der Waals surface area contributed by atoms with E-state index in [0.29, 0.717) is 13.0 Å². The third-order valence-corrected chi connectivity index (χ3v) is 3.06. The summed E-state index contributed by atoms with van der Waals surface area (Å²) in [4.78, 5) is 24.1. The van der Waals surface area contributed by atoms with Crippen molar-refractivity contribution in [1.29, 1.82) is 0 Å². The number of hydrogen-bond acceptors (Lipinski definition) is 4. The monoisotopic (exact) mass is 244 g/mol. The molecule has 0 aromatic rings. The van der Waals surface area contributed by atoms with Gasteiger partial charge < -0.3 is 9.47 Å². The molecule has 2 unspecified atom stereocenters. The van der Waals surface area contributed by atoms with E-state index in [1.54, 1.807) is 6.92 Å². The molecule has 0 heterocycles. The lowest BCUT2D eigenvalue weighted by atomic mass is 9.82. The van der Waals surface area contributed by atoms with Gasteiger partial charge in [0.25, 0.3) is 0 Å². The van der Waals surface area contributed by atoms with E-state index in [1.807, 2.05) is 27.7 Å². The Balaban J connectivity index is 5.12. The van der Waals surface area contributed by atoms with Gasteiger partial charge in [-0.05, 0) is 26.2 Å². The third-order valence-electron chi connectivity index (χ3n) is 3.06. The van der Waals surface area contributed by atoms with E-state index in [4.69, 9.17) is 9.47 Å². The molecule has 0 spiro atoms. The topological polar surface area (TPSA) is 52.6 Å². The number of hydrogen-bond donors (Lipinski definition) is 0. The minimum Gasteiger partial charge on any atom is -0.468 e. The fraction of sp³-hybridized carbons (Fsp3) is 0.846. The zero-order valence-corrected chi connectivity index (χ0v) is 11.7. The average Bonchev–Trinajstić information content (AvgIpc) is 2.28. The van der Waals surface area contributed by atoms with Crippen LogP contribution in [0.3, 0.4) is 0 Å². The molecule has 0 N–H and O–H groups in total. The van der Waals surface area contributed by atoms with E-state index >= 15 is 0 Å². The van der Waals surface area contributed by atoms with Gasteiger partial charge in [0.05, 0.1) is 7.11 Å². The first-order chi connectivity index (χ1) is 7.83. The van der Waals surface area contributed by atoms with Crippen molar-refractivity contribution in [2.45, 2.75) is 46.6 Å². The lowest BCUT2D eigenvalue weighted by Crippen LogP contribution is -2.46. The van der Waals surface area contributed by atoms with Gasteiger partial charge in [-0.1, -0.05) is 20.8 Å². The van der Waals surface area contributed by atoms with Gasteiger partial charge in [0.1, 0.15) is 11.5 Å². The highest BCUT2D eigenvalue weighted by molar-refractivity contribution is 6.03. The largest absolute Gasteiger partial charge is 0.468 e. The Morgan fingerprint density at radius 2 is 1.76 bits per heavy atom. The van der Waals surface area contributed by atoms with Crippen LogP contribution in [0.25, 0.3) is 0 Å². The zero-order valence-electron chi connectivity index (χ0n) is 11.7. The molecule has 0 aliphatic carbocycles. The maximum absolute atomic E-state index is 12.4. The molecule has 0 radical (unpaired) electrons. The van der Waals surface area contributed by atoms with Gasteiger partial charge in [-0.25, -0.2) is 0 Å². The number of carbonyl (C=O) groups excluding carboxylic acids is 2. The maximum atomic E-state index is 12.4. The van der Waals surface area contributed by atoms with Crippen molar-refractivity contribution < 1.29 is 19.1 Å². The molecule has 4 heteroatoms. The second-order valence-electron chi connectivity index (χ2n) is 4.63. The minimum atomic E-state index is -0.905. The van der Waals surface area contributed by atoms with Gasteiger partial charge >= 0.3 is 5.97 Å². The molecule has 0 bridgehead atoms. The highest BCUT2D eigenvalue weighted by Crippen LogP contribution is 2.26. The summed E-state index contributed by atoms with van der Waals surface area (Å²) < 4.78 is 10.2. The van der Waals surface area contributed by atoms with Gasteiger partial charge in [-0.3, -0.25) is 9.59 Å². The Morgan fingerprint density at radius 3 is 2.06 bits per heavy atom. The van der Waals surface area contributed by atoms with Crippen LogP contribution in [0.2, 0.25) is 0 Å². The van der Waals surface area contributed by atoms with E-state index < -0.39 is 17.5 Å². The Kier molecular flexibility index (Phi) is 6.39. The summed E-state index contributed by atoms with van der Waals surface area (Å²) in [5.41, 5.74) is -0.905. The average molecular weight is 244 g/mol. The quantitative estimate of drug-likeness (QED) is 0.509. The molecular weight excluding hydrogens is 220 g/mol. The number of ether oxygens (including phenoxy) is 2. The highest BCUT2D eigenvalue weighted by atomic mass is 16.5. The van der Waals surface area contributed by atoms with Gasteiger partial charge in [0.2, 0.25) is 0 Å². The van der Waals surface area contributed by atoms with Crippen LogP contribution < -0.4 is 0 Å². The van der Waals surface area contributed by atoms with Crippen molar-refractivity contribution in [2.75, 3.05) is 13.7 Å². The molecule has 2 atom stereocenters. The van der Waals surface area contributed by atoms with Gasteiger partial charge in [-0.15, -0.1) is 0 Å². The first-order valence-corrected chi connectivity index (χ1v) is 6.10. The molecule has 0 saturated heterocycles. The molecule has 0 rings (SSSR count). The number of Topliss-reactive ketones (excluding diaryl/α,β-unsaturated/α-hetero) is 1. The summed E-state index contributed by atoms with van der Waals surface area (Å²) >= 11 is 0. The molecule has 0 aromatic heterocycles. The Labute approximate surface area is 104 Å². The molecule has 4 nitrogen and oxygen atoms in total. The lowest BCUT2D eigenvalue weighted by Gasteiger charge is -2.31. The van der Waals surface area contributed by atoms with Crippen LogP contribution in [0, 0.1) is 11.8 Å². The molecular formula is C13H24O4. The van der Waals surface area contributed by atoms with E-state index in [0.717, 1.165) is 0 Å². The summed E-state index contributed by atoms with van der Waals surface area (Å²) in [7, 11) is 1.30. The molecule has 100 valence electrons. The number of ketones is 1. The minimum absolute atomic E-state index is 0.0960. The lowest BCUT2D eigenvalue weighted by molar-refractivity contribution is -0.161. The fourth-order valence-corrected chi connectivity index (χ4v) is 1.80. The molecule has 17 heavy (non-hydrogen) atoms. The van der Waals surface area contributed by atoms with Crippen molar-refractivity contribution in [3.8, 4) is 0 Å². The predicted molar refractivity (Wildman–Crippen MR) is 65.7 cm³/mol. The van der Waals surface area contributed by atoms with Crippen LogP contribution >= 0.6 is 0 Å². The SMILES string of the molecule is CCOC(C)(CC)C(=O)C(C(=O)OC)C(C)C. The van der Waals surface area contributed by atoms with E-state index in [1.165, 1.54) is 7.11 Å². The number of carbonyl (C=O) groups is 2. The third kappa shape index (κ3) is 3.80. The Hall–Kier alpha value is -0.900. The first-order valence-electron chi connectivity index (χ1n) is 6.10. The molecule has 0 aromatic carbocycles. The smallest absolute Gasteiger partial charge is 0.316 e. The summed E-state index contributed by atoms with van der Waals surface area (Å²) in [6, 6.07) is 0. The fourth-order valence-electron chi connectivity index (χ4n) is 1.80. The maximum Gasteiger partial charge on any atom is 0.316 e. The van der Waals surface area contributed by atoms with Crippen LogP contribution in [-0.2, 0) is 19.1 Å². The summed E-state index contributed by atoms with van der Waals surface area (Å²) in [5.74, 6) is -1.52. The standard InChI is InChI=1S/C13H24O4/c1-7-13(5,17-8-2)11(14)10(9(3)4)12(15)16-6/h9-10H,7-8H2,1-6H3. The van der Waals surface area contributed by atoms with Crippen LogP contribution in [0.4, 0.5) is 0 Å².